The van der Waals surface area contributed by atoms with E-state index in [2.05, 4.69) is 20.5 Å². The summed E-state index contributed by atoms with van der Waals surface area (Å²) in [6.07, 6.45) is 2.54. The second-order valence-corrected chi connectivity index (χ2v) is 4.83. The SMILES string of the molecule is CCCc1nc(C(=O)NCC(CC)(CC)C(=O)O)n[nH]1. The normalized spacial score (nSPS) is 11.3. The summed E-state index contributed by atoms with van der Waals surface area (Å²) in [4.78, 5) is 27.3. The highest BCUT2D eigenvalue weighted by Gasteiger charge is 2.35. The summed E-state index contributed by atoms with van der Waals surface area (Å²) in [5.41, 5.74) is -0.932. The van der Waals surface area contributed by atoms with Gasteiger partial charge in [0.1, 0.15) is 5.82 Å². The summed E-state index contributed by atoms with van der Waals surface area (Å²) < 4.78 is 0. The van der Waals surface area contributed by atoms with Crippen LogP contribution in [-0.2, 0) is 11.2 Å². The van der Waals surface area contributed by atoms with E-state index in [0.717, 1.165) is 12.8 Å². The second kappa shape index (κ2) is 7.02. The monoisotopic (exact) mass is 282 g/mol. The maximum atomic E-state index is 11.9. The highest BCUT2D eigenvalue weighted by atomic mass is 16.4. The molecule has 0 aliphatic rings. The zero-order chi connectivity index (χ0) is 15.2. The summed E-state index contributed by atoms with van der Waals surface area (Å²) >= 11 is 0. The van der Waals surface area contributed by atoms with Crippen LogP contribution in [0.1, 0.15) is 56.5 Å². The summed E-state index contributed by atoms with van der Waals surface area (Å²) in [5, 5.41) is 18.4. The van der Waals surface area contributed by atoms with Gasteiger partial charge in [-0.05, 0) is 19.3 Å². The van der Waals surface area contributed by atoms with E-state index in [4.69, 9.17) is 0 Å². The molecule has 0 fully saturated rings. The van der Waals surface area contributed by atoms with Gasteiger partial charge in [0.15, 0.2) is 0 Å². The van der Waals surface area contributed by atoms with Gasteiger partial charge in [-0.1, -0.05) is 20.8 Å². The van der Waals surface area contributed by atoms with Gasteiger partial charge in [-0.25, -0.2) is 4.98 Å². The van der Waals surface area contributed by atoms with Crippen LogP contribution in [0.4, 0.5) is 0 Å². The number of nitrogens with zero attached hydrogens (tertiary/aromatic N) is 2. The molecule has 1 rings (SSSR count). The van der Waals surface area contributed by atoms with Gasteiger partial charge in [-0.15, -0.1) is 5.10 Å². The van der Waals surface area contributed by atoms with E-state index < -0.39 is 17.3 Å². The molecule has 0 radical (unpaired) electrons. The van der Waals surface area contributed by atoms with Crippen molar-refractivity contribution in [1.82, 2.24) is 20.5 Å². The second-order valence-electron chi connectivity index (χ2n) is 4.83. The molecule has 0 spiro atoms. The lowest BCUT2D eigenvalue weighted by Gasteiger charge is -2.26. The minimum atomic E-state index is -0.932. The van der Waals surface area contributed by atoms with Crippen LogP contribution >= 0.6 is 0 Å². The van der Waals surface area contributed by atoms with Gasteiger partial charge in [0.2, 0.25) is 5.82 Å². The molecule has 20 heavy (non-hydrogen) atoms. The van der Waals surface area contributed by atoms with Crippen molar-refractivity contribution in [1.29, 1.82) is 0 Å². The maximum absolute atomic E-state index is 11.9. The number of aromatic nitrogens is 3. The number of hydrogen-bond acceptors (Lipinski definition) is 4. The fraction of sp³-hybridized carbons (Fsp3) is 0.692. The van der Waals surface area contributed by atoms with Crippen LogP contribution in [0.5, 0.6) is 0 Å². The molecule has 112 valence electrons. The third kappa shape index (κ3) is 3.55. The summed E-state index contributed by atoms with van der Waals surface area (Å²) in [5.74, 6) is -0.631. The fourth-order valence-electron chi connectivity index (χ4n) is 1.95. The number of hydrogen-bond donors (Lipinski definition) is 3. The summed E-state index contributed by atoms with van der Waals surface area (Å²) in [6, 6.07) is 0. The van der Waals surface area contributed by atoms with Crippen LogP contribution < -0.4 is 5.32 Å². The van der Waals surface area contributed by atoms with Crippen molar-refractivity contribution in [3.05, 3.63) is 11.6 Å². The third-order valence-corrected chi connectivity index (χ3v) is 3.62. The molecule has 0 unspecified atom stereocenters. The minimum Gasteiger partial charge on any atom is -0.481 e. The molecule has 1 heterocycles. The molecule has 0 bridgehead atoms. The van der Waals surface area contributed by atoms with Crippen molar-refractivity contribution in [2.75, 3.05) is 6.54 Å². The van der Waals surface area contributed by atoms with E-state index in [1.54, 1.807) is 13.8 Å². The first-order chi connectivity index (χ1) is 9.49. The number of aromatic amines is 1. The number of aliphatic carboxylic acids is 1. The Balaban J connectivity index is 2.67. The smallest absolute Gasteiger partial charge is 0.311 e. The average molecular weight is 282 g/mol. The van der Waals surface area contributed by atoms with Crippen LogP contribution in [0.3, 0.4) is 0 Å². The molecule has 0 saturated heterocycles. The van der Waals surface area contributed by atoms with Gasteiger partial charge in [-0.2, -0.15) is 0 Å². The average Bonchev–Trinajstić information content (AvgIpc) is 2.89. The van der Waals surface area contributed by atoms with E-state index in [-0.39, 0.29) is 12.4 Å². The molecule has 0 aromatic carbocycles. The number of aryl methyl sites for hydroxylation is 1. The Morgan fingerprint density at radius 2 is 1.95 bits per heavy atom. The van der Waals surface area contributed by atoms with Crippen LogP contribution in [-0.4, -0.2) is 38.7 Å². The number of H-pyrrole nitrogens is 1. The van der Waals surface area contributed by atoms with E-state index in [9.17, 15) is 14.7 Å². The number of nitrogens with one attached hydrogen (secondary N) is 2. The van der Waals surface area contributed by atoms with Crippen molar-refractivity contribution in [3.8, 4) is 0 Å². The first-order valence-corrected chi connectivity index (χ1v) is 6.92. The molecule has 1 amide bonds. The van der Waals surface area contributed by atoms with Gasteiger partial charge in [0, 0.05) is 13.0 Å². The van der Waals surface area contributed by atoms with Crippen LogP contribution in [0.25, 0.3) is 0 Å². The van der Waals surface area contributed by atoms with Crippen molar-refractivity contribution < 1.29 is 14.7 Å². The van der Waals surface area contributed by atoms with Crippen molar-refractivity contribution in [2.45, 2.75) is 46.5 Å². The van der Waals surface area contributed by atoms with Gasteiger partial charge in [0.05, 0.1) is 5.41 Å². The lowest BCUT2D eigenvalue weighted by atomic mass is 9.82. The largest absolute Gasteiger partial charge is 0.481 e. The minimum absolute atomic E-state index is 0.0555. The maximum Gasteiger partial charge on any atom is 0.311 e. The molecule has 0 aliphatic heterocycles. The van der Waals surface area contributed by atoms with E-state index >= 15 is 0 Å². The molecule has 0 atom stereocenters. The highest BCUT2D eigenvalue weighted by molar-refractivity contribution is 5.90. The Kier molecular flexibility index (Phi) is 5.66. The molecule has 0 aliphatic carbocycles. The fourth-order valence-corrected chi connectivity index (χ4v) is 1.95. The molecule has 1 aromatic rings. The molecule has 1 aromatic heterocycles. The number of rotatable bonds is 8. The number of carboxylic acid groups (broad SMARTS) is 1. The van der Waals surface area contributed by atoms with Crippen LogP contribution in [0.15, 0.2) is 0 Å². The number of carboxylic acids is 1. The highest BCUT2D eigenvalue weighted by Crippen LogP contribution is 2.25. The quantitative estimate of drug-likeness (QED) is 0.667. The van der Waals surface area contributed by atoms with Crippen molar-refractivity contribution in [2.24, 2.45) is 5.41 Å². The van der Waals surface area contributed by atoms with Crippen molar-refractivity contribution in [3.63, 3.8) is 0 Å². The predicted molar refractivity (Wildman–Crippen MR) is 73.4 cm³/mol. The summed E-state index contributed by atoms with van der Waals surface area (Å²) in [7, 11) is 0. The van der Waals surface area contributed by atoms with Gasteiger partial charge >= 0.3 is 5.97 Å². The molecular weight excluding hydrogens is 260 g/mol. The van der Waals surface area contributed by atoms with Gasteiger partial charge in [0.25, 0.3) is 5.91 Å². The van der Waals surface area contributed by atoms with Gasteiger partial charge in [-0.3, -0.25) is 14.7 Å². The molecule has 3 N–H and O–H groups in total. The van der Waals surface area contributed by atoms with Crippen LogP contribution in [0, 0.1) is 5.41 Å². The van der Waals surface area contributed by atoms with E-state index in [1.165, 1.54) is 0 Å². The molecule has 7 nitrogen and oxygen atoms in total. The topological polar surface area (TPSA) is 108 Å². The lowest BCUT2D eigenvalue weighted by Crippen LogP contribution is -2.42. The Morgan fingerprint density at radius 3 is 2.45 bits per heavy atom. The zero-order valence-corrected chi connectivity index (χ0v) is 12.2. The van der Waals surface area contributed by atoms with Gasteiger partial charge < -0.3 is 10.4 Å². The van der Waals surface area contributed by atoms with Crippen molar-refractivity contribution >= 4 is 11.9 Å². The number of carbonyl (C=O) groups excluding carboxylic acids is 1. The Labute approximate surface area is 118 Å². The lowest BCUT2D eigenvalue weighted by molar-refractivity contribution is -0.149. The summed E-state index contributed by atoms with van der Waals surface area (Å²) in [6.45, 7) is 5.68. The number of carbonyl (C=O) groups is 2. The molecular formula is C13H22N4O3. The standard InChI is InChI=1S/C13H22N4O3/c1-4-7-9-15-10(17-16-9)11(18)14-8-13(5-2,6-3)12(19)20/h4-8H2,1-3H3,(H,14,18)(H,19,20)(H,15,16,17). The van der Waals surface area contributed by atoms with E-state index in [0.29, 0.717) is 18.7 Å². The predicted octanol–water partition coefficient (Wildman–Crippen LogP) is 1.38. The molecule has 0 saturated carbocycles. The third-order valence-electron chi connectivity index (χ3n) is 3.62. The Bertz CT molecular complexity index is 466. The van der Waals surface area contributed by atoms with E-state index in [1.807, 2.05) is 6.92 Å². The Morgan fingerprint density at radius 1 is 1.30 bits per heavy atom. The molecule has 7 heteroatoms. The number of amides is 1. The first-order valence-electron chi connectivity index (χ1n) is 6.92. The van der Waals surface area contributed by atoms with Crippen LogP contribution in [0.2, 0.25) is 0 Å². The first kappa shape index (κ1) is 16.1. The Hall–Kier alpha value is -1.92. The zero-order valence-electron chi connectivity index (χ0n) is 12.2.